The second-order valence-corrected chi connectivity index (χ2v) is 4.92. The van der Waals surface area contributed by atoms with E-state index in [4.69, 9.17) is 16.3 Å². The van der Waals surface area contributed by atoms with Crippen molar-refractivity contribution in [2.75, 3.05) is 11.9 Å². The minimum atomic E-state index is 0.596. The normalized spacial score (nSPS) is 10.4. The van der Waals surface area contributed by atoms with Gasteiger partial charge in [-0.25, -0.2) is 0 Å². The van der Waals surface area contributed by atoms with Gasteiger partial charge in [0.1, 0.15) is 0 Å². The summed E-state index contributed by atoms with van der Waals surface area (Å²) in [5, 5.41) is 10.7. The van der Waals surface area contributed by atoms with E-state index in [0.717, 1.165) is 21.6 Å². The summed E-state index contributed by atoms with van der Waals surface area (Å²) < 4.78 is 6.44. The van der Waals surface area contributed by atoms with Gasteiger partial charge in [0.2, 0.25) is 0 Å². The van der Waals surface area contributed by atoms with Crippen LogP contribution in [-0.4, -0.2) is 16.8 Å². The molecule has 0 radical (unpaired) electrons. The highest BCUT2D eigenvalue weighted by Gasteiger charge is 2.10. The lowest BCUT2D eigenvalue weighted by molar-refractivity contribution is 0.339. The number of anilines is 1. The minimum absolute atomic E-state index is 0.596. The van der Waals surface area contributed by atoms with Crippen molar-refractivity contribution in [2.45, 2.75) is 13.5 Å². The molecule has 0 spiro atoms. The molecule has 0 atom stereocenters. The van der Waals surface area contributed by atoms with E-state index in [0.29, 0.717) is 18.2 Å². The van der Waals surface area contributed by atoms with Crippen LogP contribution in [0, 0.1) is 0 Å². The zero-order valence-electron chi connectivity index (χ0n) is 9.84. The summed E-state index contributed by atoms with van der Waals surface area (Å²) >= 11 is 9.49. The van der Waals surface area contributed by atoms with Crippen LogP contribution in [0.2, 0.25) is 5.02 Å². The Morgan fingerprint density at radius 1 is 1.50 bits per heavy atom. The molecule has 18 heavy (non-hydrogen) atoms. The van der Waals surface area contributed by atoms with Crippen LogP contribution >= 0.6 is 27.5 Å². The summed E-state index contributed by atoms with van der Waals surface area (Å²) in [7, 11) is 0. The standard InChI is InChI=1S/C12H13BrClN3O/c1-2-18-12-10(13)5-8(14)6-11(12)15-7-9-3-4-16-17-9/h3-6,15H,2,7H2,1H3,(H,16,17). The van der Waals surface area contributed by atoms with Crippen molar-refractivity contribution in [3.8, 4) is 5.75 Å². The Balaban J connectivity index is 2.19. The molecule has 2 N–H and O–H groups in total. The molecule has 2 aromatic rings. The topological polar surface area (TPSA) is 49.9 Å². The molecule has 2 rings (SSSR count). The molecular formula is C12H13BrClN3O. The number of aromatic amines is 1. The van der Waals surface area contributed by atoms with Crippen molar-refractivity contribution in [3.05, 3.63) is 39.6 Å². The molecule has 0 amide bonds. The van der Waals surface area contributed by atoms with Crippen molar-refractivity contribution < 1.29 is 4.74 Å². The molecule has 0 bridgehead atoms. The summed E-state index contributed by atoms with van der Waals surface area (Å²) in [4.78, 5) is 0. The molecule has 0 saturated carbocycles. The molecule has 1 aromatic carbocycles. The van der Waals surface area contributed by atoms with E-state index < -0.39 is 0 Å². The number of nitrogens with zero attached hydrogens (tertiary/aromatic N) is 1. The fraction of sp³-hybridized carbons (Fsp3) is 0.250. The number of benzene rings is 1. The van der Waals surface area contributed by atoms with E-state index in [9.17, 15) is 0 Å². The molecule has 0 saturated heterocycles. The third kappa shape index (κ3) is 3.17. The molecule has 4 nitrogen and oxygen atoms in total. The summed E-state index contributed by atoms with van der Waals surface area (Å²) in [5.74, 6) is 0.765. The van der Waals surface area contributed by atoms with Crippen LogP contribution in [0.1, 0.15) is 12.6 Å². The van der Waals surface area contributed by atoms with Crippen LogP contribution in [0.15, 0.2) is 28.9 Å². The van der Waals surface area contributed by atoms with Crippen LogP contribution in [0.25, 0.3) is 0 Å². The summed E-state index contributed by atoms with van der Waals surface area (Å²) in [6, 6.07) is 5.56. The zero-order chi connectivity index (χ0) is 13.0. The number of hydrogen-bond acceptors (Lipinski definition) is 3. The van der Waals surface area contributed by atoms with Gasteiger partial charge < -0.3 is 10.1 Å². The Hall–Kier alpha value is -1.20. The maximum atomic E-state index is 6.04. The van der Waals surface area contributed by atoms with Gasteiger partial charge in [0.05, 0.1) is 29.0 Å². The number of halogens is 2. The predicted octanol–water partition coefficient (Wildman–Crippen LogP) is 3.84. The van der Waals surface area contributed by atoms with Gasteiger partial charge in [0, 0.05) is 11.2 Å². The van der Waals surface area contributed by atoms with E-state index in [1.54, 1.807) is 6.20 Å². The van der Waals surface area contributed by atoms with Gasteiger partial charge in [-0.05, 0) is 41.1 Å². The van der Waals surface area contributed by atoms with Crippen molar-refractivity contribution in [3.63, 3.8) is 0 Å². The second kappa shape index (κ2) is 6.11. The summed E-state index contributed by atoms with van der Waals surface area (Å²) in [6.07, 6.45) is 1.72. The molecule has 0 unspecified atom stereocenters. The van der Waals surface area contributed by atoms with E-state index in [1.165, 1.54) is 0 Å². The third-order valence-electron chi connectivity index (χ3n) is 2.32. The number of H-pyrrole nitrogens is 1. The quantitative estimate of drug-likeness (QED) is 0.876. The van der Waals surface area contributed by atoms with Gasteiger partial charge in [-0.15, -0.1) is 0 Å². The van der Waals surface area contributed by atoms with E-state index in [-0.39, 0.29) is 0 Å². The van der Waals surface area contributed by atoms with Crippen LogP contribution < -0.4 is 10.1 Å². The largest absolute Gasteiger partial charge is 0.491 e. The SMILES string of the molecule is CCOc1c(Br)cc(Cl)cc1NCc1ccn[nH]1. The average molecular weight is 331 g/mol. The highest BCUT2D eigenvalue weighted by molar-refractivity contribution is 9.10. The molecule has 0 aliphatic heterocycles. The van der Waals surface area contributed by atoms with E-state index >= 15 is 0 Å². The van der Waals surface area contributed by atoms with Crippen LogP contribution in [0.5, 0.6) is 5.75 Å². The number of aromatic nitrogens is 2. The first-order chi connectivity index (χ1) is 8.70. The highest BCUT2D eigenvalue weighted by atomic mass is 79.9. The van der Waals surface area contributed by atoms with Crippen LogP contribution in [-0.2, 0) is 6.54 Å². The Bertz CT molecular complexity index is 516. The Kier molecular flexibility index (Phi) is 4.49. The monoisotopic (exact) mass is 329 g/mol. The number of hydrogen-bond donors (Lipinski definition) is 2. The lowest BCUT2D eigenvalue weighted by Gasteiger charge is -2.14. The maximum Gasteiger partial charge on any atom is 0.156 e. The molecule has 96 valence electrons. The minimum Gasteiger partial charge on any atom is -0.491 e. The molecule has 1 aromatic heterocycles. The summed E-state index contributed by atoms with van der Waals surface area (Å²) in [5.41, 5.74) is 1.85. The molecular weight excluding hydrogens is 318 g/mol. The smallest absolute Gasteiger partial charge is 0.156 e. The molecule has 1 heterocycles. The number of nitrogens with one attached hydrogen (secondary N) is 2. The fourth-order valence-corrected chi connectivity index (χ4v) is 2.48. The predicted molar refractivity (Wildman–Crippen MR) is 76.2 cm³/mol. The first-order valence-corrected chi connectivity index (χ1v) is 6.71. The van der Waals surface area contributed by atoms with Crippen molar-refractivity contribution >= 4 is 33.2 Å². The molecule has 0 aliphatic carbocycles. The van der Waals surface area contributed by atoms with Gasteiger partial charge in [-0.2, -0.15) is 5.10 Å². The van der Waals surface area contributed by atoms with Crippen molar-refractivity contribution in [1.82, 2.24) is 10.2 Å². The van der Waals surface area contributed by atoms with Gasteiger partial charge in [-0.1, -0.05) is 11.6 Å². The molecule has 0 aliphatic rings. The van der Waals surface area contributed by atoms with Crippen molar-refractivity contribution in [2.24, 2.45) is 0 Å². The number of ether oxygens (including phenoxy) is 1. The average Bonchev–Trinajstić information content (AvgIpc) is 2.83. The number of rotatable bonds is 5. The maximum absolute atomic E-state index is 6.04. The molecule has 6 heteroatoms. The van der Waals surface area contributed by atoms with Gasteiger partial charge in [0.15, 0.2) is 5.75 Å². The second-order valence-electron chi connectivity index (χ2n) is 3.63. The highest BCUT2D eigenvalue weighted by Crippen LogP contribution is 2.36. The Morgan fingerprint density at radius 2 is 2.33 bits per heavy atom. The fourth-order valence-electron chi connectivity index (χ4n) is 1.56. The van der Waals surface area contributed by atoms with Gasteiger partial charge in [-0.3, -0.25) is 5.10 Å². The van der Waals surface area contributed by atoms with Crippen molar-refractivity contribution in [1.29, 1.82) is 0 Å². The van der Waals surface area contributed by atoms with Crippen LogP contribution in [0.3, 0.4) is 0 Å². The zero-order valence-corrected chi connectivity index (χ0v) is 12.2. The van der Waals surface area contributed by atoms with Gasteiger partial charge in [0.25, 0.3) is 0 Å². The van der Waals surface area contributed by atoms with Crippen LogP contribution in [0.4, 0.5) is 5.69 Å². The Labute approximate surface area is 119 Å². The lowest BCUT2D eigenvalue weighted by Crippen LogP contribution is -2.03. The van der Waals surface area contributed by atoms with E-state index in [1.807, 2.05) is 25.1 Å². The lowest BCUT2D eigenvalue weighted by atomic mass is 10.3. The first-order valence-electron chi connectivity index (χ1n) is 5.54. The third-order valence-corrected chi connectivity index (χ3v) is 3.13. The summed E-state index contributed by atoms with van der Waals surface area (Å²) in [6.45, 7) is 3.17. The Morgan fingerprint density at radius 3 is 3.00 bits per heavy atom. The van der Waals surface area contributed by atoms with Gasteiger partial charge >= 0.3 is 0 Å². The molecule has 0 fully saturated rings. The van der Waals surface area contributed by atoms with E-state index in [2.05, 4.69) is 31.4 Å². The first kappa shape index (κ1) is 13.2.